The highest BCUT2D eigenvalue weighted by atomic mass is 32.1. The van der Waals surface area contributed by atoms with Crippen molar-refractivity contribution < 1.29 is 19.1 Å². The topological polar surface area (TPSA) is 52.6 Å². The molecule has 0 aliphatic rings. The standard InChI is InChI=1S/C30H34O4S/c1-6-34-29(32)27(24-18-11-10-17-23(24)26-20(2)13-12-14-21(26)3)28(31)30(4,33-5)25(35)19-22-15-8-7-9-16-22/h7-18,25,27,35H,6,19H2,1-5H3. The first-order valence-corrected chi connectivity index (χ1v) is 12.4. The molecule has 0 bridgehead atoms. The Hall–Kier alpha value is -2.89. The minimum Gasteiger partial charge on any atom is -0.465 e. The summed E-state index contributed by atoms with van der Waals surface area (Å²) in [6.45, 7) is 7.69. The molecule has 0 saturated heterocycles. The SMILES string of the molecule is CCOC(=O)C(C(=O)C(C)(OC)C(S)Cc1ccccc1)c1ccccc1-c1c(C)cccc1C. The summed E-state index contributed by atoms with van der Waals surface area (Å²) in [6, 6.07) is 23.4. The number of hydrogen-bond acceptors (Lipinski definition) is 5. The number of hydrogen-bond donors (Lipinski definition) is 1. The van der Waals surface area contributed by atoms with E-state index in [4.69, 9.17) is 22.1 Å². The Balaban J connectivity index is 2.12. The number of ether oxygens (including phenoxy) is 2. The molecule has 3 unspecified atom stereocenters. The molecule has 3 rings (SSSR count). The van der Waals surface area contributed by atoms with Crippen LogP contribution >= 0.6 is 12.6 Å². The van der Waals surface area contributed by atoms with Crippen molar-refractivity contribution in [2.45, 2.75) is 50.9 Å². The minimum atomic E-state index is -1.33. The molecule has 3 atom stereocenters. The number of esters is 1. The average Bonchev–Trinajstić information content (AvgIpc) is 2.85. The first kappa shape index (κ1) is 26.7. The van der Waals surface area contributed by atoms with Gasteiger partial charge in [-0.1, -0.05) is 72.8 Å². The molecule has 0 spiro atoms. The van der Waals surface area contributed by atoms with Crippen LogP contribution in [0, 0.1) is 13.8 Å². The Kier molecular flexibility index (Phi) is 8.92. The molecule has 0 fully saturated rings. The Morgan fingerprint density at radius 1 is 0.914 bits per heavy atom. The molecular weight excluding hydrogens is 456 g/mol. The van der Waals surface area contributed by atoms with Crippen molar-refractivity contribution in [2.24, 2.45) is 0 Å². The first-order chi connectivity index (χ1) is 16.7. The van der Waals surface area contributed by atoms with Crippen molar-refractivity contribution in [3.8, 4) is 11.1 Å². The van der Waals surface area contributed by atoms with Crippen molar-refractivity contribution in [1.29, 1.82) is 0 Å². The number of aryl methyl sites for hydroxylation is 2. The monoisotopic (exact) mass is 490 g/mol. The summed E-state index contributed by atoms with van der Waals surface area (Å²) in [7, 11) is 1.49. The van der Waals surface area contributed by atoms with Gasteiger partial charge in [0.2, 0.25) is 0 Å². The maximum absolute atomic E-state index is 14.2. The summed E-state index contributed by atoms with van der Waals surface area (Å²) in [5.41, 5.74) is 4.30. The summed E-state index contributed by atoms with van der Waals surface area (Å²) in [6.07, 6.45) is 0.508. The van der Waals surface area contributed by atoms with E-state index < -0.39 is 22.7 Å². The highest BCUT2D eigenvalue weighted by molar-refractivity contribution is 7.81. The largest absolute Gasteiger partial charge is 0.465 e. The maximum atomic E-state index is 14.2. The number of methoxy groups -OCH3 is 1. The van der Waals surface area contributed by atoms with Gasteiger partial charge in [0.15, 0.2) is 5.78 Å². The summed E-state index contributed by atoms with van der Waals surface area (Å²) in [4.78, 5) is 27.6. The number of carbonyl (C=O) groups is 2. The fourth-order valence-electron chi connectivity index (χ4n) is 4.54. The zero-order valence-corrected chi connectivity index (χ0v) is 22.0. The first-order valence-electron chi connectivity index (χ1n) is 11.9. The van der Waals surface area contributed by atoms with Gasteiger partial charge in [-0.2, -0.15) is 12.6 Å². The zero-order valence-electron chi connectivity index (χ0n) is 21.1. The Labute approximate surface area is 214 Å². The third-order valence-electron chi connectivity index (χ3n) is 6.63. The van der Waals surface area contributed by atoms with Gasteiger partial charge in [-0.15, -0.1) is 0 Å². The van der Waals surface area contributed by atoms with Gasteiger partial charge < -0.3 is 9.47 Å². The Bertz CT molecular complexity index is 1150. The second-order valence-corrected chi connectivity index (χ2v) is 9.54. The van der Waals surface area contributed by atoms with Crippen molar-refractivity contribution in [1.82, 2.24) is 0 Å². The molecule has 3 aromatic carbocycles. The molecule has 184 valence electrons. The van der Waals surface area contributed by atoms with Crippen LogP contribution in [0.25, 0.3) is 11.1 Å². The molecule has 0 aromatic heterocycles. The number of ketones is 1. The second-order valence-electron chi connectivity index (χ2n) is 8.92. The van der Waals surface area contributed by atoms with E-state index in [0.29, 0.717) is 12.0 Å². The smallest absolute Gasteiger partial charge is 0.321 e. The van der Waals surface area contributed by atoms with E-state index in [1.54, 1.807) is 13.8 Å². The fourth-order valence-corrected chi connectivity index (χ4v) is 4.98. The van der Waals surface area contributed by atoms with Crippen LogP contribution in [0.3, 0.4) is 0 Å². The van der Waals surface area contributed by atoms with Crippen molar-refractivity contribution in [3.63, 3.8) is 0 Å². The quantitative estimate of drug-likeness (QED) is 0.211. The third kappa shape index (κ3) is 5.68. The molecule has 0 amide bonds. The molecule has 5 heteroatoms. The summed E-state index contributed by atoms with van der Waals surface area (Å²) in [5, 5.41) is -0.480. The van der Waals surface area contributed by atoms with Gasteiger partial charge in [0.05, 0.1) is 6.61 Å². The van der Waals surface area contributed by atoms with Gasteiger partial charge in [0.1, 0.15) is 11.5 Å². The Morgan fingerprint density at radius 3 is 2.11 bits per heavy atom. The van der Waals surface area contributed by atoms with Crippen LogP contribution in [0.5, 0.6) is 0 Å². The zero-order chi connectivity index (χ0) is 25.6. The van der Waals surface area contributed by atoms with Gasteiger partial charge in [-0.25, -0.2) is 0 Å². The van der Waals surface area contributed by atoms with Crippen LogP contribution in [-0.2, 0) is 25.5 Å². The van der Waals surface area contributed by atoms with Crippen LogP contribution in [-0.4, -0.2) is 36.3 Å². The van der Waals surface area contributed by atoms with Gasteiger partial charge in [-0.3, -0.25) is 9.59 Å². The van der Waals surface area contributed by atoms with Gasteiger partial charge in [-0.05, 0) is 67.5 Å². The van der Waals surface area contributed by atoms with E-state index in [1.165, 1.54) is 7.11 Å². The molecule has 0 heterocycles. The van der Waals surface area contributed by atoms with Crippen molar-refractivity contribution >= 4 is 24.4 Å². The second kappa shape index (κ2) is 11.7. The van der Waals surface area contributed by atoms with Crippen LogP contribution < -0.4 is 0 Å². The van der Waals surface area contributed by atoms with E-state index in [-0.39, 0.29) is 12.4 Å². The molecule has 0 saturated carbocycles. The van der Waals surface area contributed by atoms with Crippen LogP contribution in [0.2, 0.25) is 0 Å². The van der Waals surface area contributed by atoms with E-state index in [2.05, 4.69) is 0 Å². The molecule has 0 N–H and O–H groups in total. The lowest BCUT2D eigenvalue weighted by atomic mass is 9.78. The van der Waals surface area contributed by atoms with E-state index >= 15 is 0 Å². The van der Waals surface area contributed by atoms with Crippen LogP contribution in [0.15, 0.2) is 72.8 Å². The normalized spacial score (nSPS) is 14.6. The van der Waals surface area contributed by atoms with Gasteiger partial charge in [0.25, 0.3) is 0 Å². The number of rotatable bonds is 10. The fraction of sp³-hybridized carbons (Fsp3) is 0.333. The third-order valence-corrected chi connectivity index (χ3v) is 7.30. The van der Waals surface area contributed by atoms with E-state index in [0.717, 1.165) is 27.8 Å². The van der Waals surface area contributed by atoms with Crippen molar-refractivity contribution in [3.05, 3.63) is 95.1 Å². The lowest BCUT2D eigenvalue weighted by Crippen LogP contribution is -2.51. The van der Waals surface area contributed by atoms with Crippen LogP contribution in [0.1, 0.15) is 42.0 Å². The summed E-state index contributed by atoms with van der Waals surface area (Å²) in [5.74, 6) is -2.10. The maximum Gasteiger partial charge on any atom is 0.321 e. The number of carbonyl (C=O) groups excluding carboxylic acids is 2. The molecule has 3 aromatic rings. The lowest BCUT2D eigenvalue weighted by molar-refractivity contribution is -0.154. The minimum absolute atomic E-state index is 0.173. The molecular formula is C30H34O4S. The number of thiol groups is 1. The predicted molar refractivity (Wildman–Crippen MR) is 144 cm³/mol. The van der Waals surface area contributed by atoms with Gasteiger partial charge >= 0.3 is 5.97 Å². The lowest BCUT2D eigenvalue weighted by Gasteiger charge is -2.35. The Morgan fingerprint density at radius 2 is 1.51 bits per heavy atom. The van der Waals surface area contributed by atoms with E-state index in [1.807, 2.05) is 86.6 Å². The van der Waals surface area contributed by atoms with Gasteiger partial charge in [0, 0.05) is 12.4 Å². The summed E-state index contributed by atoms with van der Waals surface area (Å²) >= 11 is 4.80. The summed E-state index contributed by atoms with van der Waals surface area (Å²) < 4.78 is 11.3. The van der Waals surface area contributed by atoms with Crippen LogP contribution in [0.4, 0.5) is 0 Å². The molecule has 35 heavy (non-hydrogen) atoms. The molecule has 0 aliphatic heterocycles. The molecule has 0 radical (unpaired) electrons. The molecule has 4 nitrogen and oxygen atoms in total. The number of Topliss-reactive ketones (excluding diaryl/α,β-unsaturated/α-hetero) is 1. The highest BCUT2D eigenvalue weighted by Crippen LogP contribution is 2.38. The van der Waals surface area contributed by atoms with E-state index in [9.17, 15) is 9.59 Å². The highest BCUT2D eigenvalue weighted by Gasteiger charge is 2.47. The predicted octanol–water partition coefficient (Wildman–Crippen LogP) is 6.13. The van der Waals surface area contributed by atoms with Crippen molar-refractivity contribution in [2.75, 3.05) is 13.7 Å². The molecule has 0 aliphatic carbocycles. The average molecular weight is 491 g/mol. The number of benzene rings is 3.